The van der Waals surface area contributed by atoms with E-state index in [4.69, 9.17) is 9.73 Å². The van der Waals surface area contributed by atoms with Crippen LogP contribution in [-0.2, 0) is 4.74 Å². The summed E-state index contributed by atoms with van der Waals surface area (Å²) in [4.78, 5) is 9.81. The molecule has 2 rings (SSSR count). The van der Waals surface area contributed by atoms with Crippen molar-refractivity contribution in [3.05, 3.63) is 0 Å². The summed E-state index contributed by atoms with van der Waals surface area (Å²) in [5.74, 6) is 0.926. The van der Waals surface area contributed by atoms with Crippen molar-refractivity contribution in [2.75, 3.05) is 53.0 Å². The van der Waals surface area contributed by atoms with Crippen molar-refractivity contribution in [2.24, 2.45) is 4.99 Å². The second kappa shape index (κ2) is 9.02. The van der Waals surface area contributed by atoms with Gasteiger partial charge in [0.2, 0.25) is 0 Å². The van der Waals surface area contributed by atoms with Crippen molar-refractivity contribution < 1.29 is 4.74 Å². The molecule has 6 nitrogen and oxygen atoms in total. The third-order valence-corrected chi connectivity index (χ3v) is 5.22. The summed E-state index contributed by atoms with van der Waals surface area (Å²) in [5.41, 5.74) is 0.0581. The summed E-state index contributed by atoms with van der Waals surface area (Å²) in [6, 6.07) is 1.31. The molecular weight excluding hydrogens is 302 g/mol. The Morgan fingerprint density at radius 1 is 1.29 bits per heavy atom. The number of guanidine groups is 1. The molecule has 2 N–H and O–H groups in total. The van der Waals surface area contributed by atoms with Crippen LogP contribution in [0, 0.1) is 0 Å². The molecule has 1 unspecified atom stereocenters. The van der Waals surface area contributed by atoms with Crippen molar-refractivity contribution in [2.45, 2.75) is 58.2 Å². The summed E-state index contributed by atoms with van der Waals surface area (Å²) in [5, 5.41) is 6.89. The van der Waals surface area contributed by atoms with Gasteiger partial charge in [0.1, 0.15) is 0 Å². The van der Waals surface area contributed by atoms with E-state index in [0.29, 0.717) is 6.04 Å². The number of aliphatic imine (C=N–C) groups is 1. The topological polar surface area (TPSA) is 52.1 Å². The van der Waals surface area contributed by atoms with Crippen LogP contribution in [-0.4, -0.2) is 86.4 Å². The van der Waals surface area contributed by atoms with Gasteiger partial charge in [0, 0.05) is 43.8 Å². The van der Waals surface area contributed by atoms with Crippen LogP contribution in [0.4, 0.5) is 0 Å². The molecule has 1 heterocycles. The van der Waals surface area contributed by atoms with Gasteiger partial charge < -0.3 is 15.4 Å². The molecule has 0 aromatic carbocycles. The van der Waals surface area contributed by atoms with E-state index >= 15 is 0 Å². The Morgan fingerprint density at radius 3 is 2.54 bits per heavy atom. The van der Waals surface area contributed by atoms with Gasteiger partial charge in [0.25, 0.3) is 0 Å². The summed E-state index contributed by atoms with van der Waals surface area (Å²) in [6.07, 6.45) is 2.70. The summed E-state index contributed by atoms with van der Waals surface area (Å²) in [6.45, 7) is 15.2. The minimum atomic E-state index is 0.0581. The Morgan fingerprint density at radius 2 is 1.96 bits per heavy atom. The largest absolute Gasteiger partial charge is 0.379 e. The lowest BCUT2D eigenvalue weighted by molar-refractivity contribution is -0.00684. The van der Waals surface area contributed by atoms with E-state index in [1.54, 1.807) is 0 Å². The molecule has 0 spiro atoms. The molecule has 2 fully saturated rings. The number of hydrogen-bond acceptors (Lipinski definition) is 4. The van der Waals surface area contributed by atoms with Crippen LogP contribution in [0.3, 0.4) is 0 Å². The van der Waals surface area contributed by atoms with Gasteiger partial charge in [-0.15, -0.1) is 0 Å². The molecule has 1 saturated carbocycles. The van der Waals surface area contributed by atoms with Crippen molar-refractivity contribution >= 4 is 5.96 Å². The van der Waals surface area contributed by atoms with Crippen LogP contribution >= 0.6 is 0 Å². The fourth-order valence-electron chi connectivity index (χ4n) is 3.11. The highest BCUT2D eigenvalue weighted by molar-refractivity contribution is 5.79. The second-order valence-electron chi connectivity index (χ2n) is 7.73. The number of nitrogens with zero attached hydrogens (tertiary/aromatic N) is 3. The predicted molar refractivity (Wildman–Crippen MR) is 101 cm³/mol. The molecule has 0 amide bonds. The first-order valence-corrected chi connectivity index (χ1v) is 9.51. The third kappa shape index (κ3) is 5.90. The number of ether oxygens (including phenoxy) is 1. The average molecular weight is 340 g/mol. The maximum absolute atomic E-state index is 5.46. The van der Waals surface area contributed by atoms with E-state index in [1.165, 1.54) is 12.8 Å². The highest BCUT2D eigenvalue weighted by Crippen LogP contribution is 2.26. The smallest absolute Gasteiger partial charge is 0.191 e. The second-order valence-corrected chi connectivity index (χ2v) is 7.73. The van der Waals surface area contributed by atoms with Gasteiger partial charge in [-0.3, -0.25) is 14.8 Å². The molecule has 1 atom stereocenters. The maximum Gasteiger partial charge on any atom is 0.191 e. The van der Waals surface area contributed by atoms with Gasteiger partial charge in [-0.05, 0) is 47.6 Å². The molecule has 0 bridgehead atoms. The Balaban J connectivity index is 1.84. The minimum absolute atomic E-state index is 0.0581. The Hall–Kier alpha value is -0.850. The van der Waals surface area contributed by atoms with E-state index in [-0.39, 0.29) is 5.54 Å². The van der Waals surface area contributed by atoms with Crippen molar-refractivity contribution in [3.8, 4) is 0 Å². The zero-order valence-corrected chi connectivity index (χ0v) is 16.3. The van der Waals surface area contributed by atoms with E-state index in [9.17, 15) is 0 Å². The Bertz CT molecular complexity index is 402. The molecule has 1 aliphatic heterocycles. The van der Waals surface area contributed by atoms with E-state index in [2.05, 4.69) is 55.2 Å². The van der Waals surface area contributed by atoms with Crippen molar-refractivity contribution in [1.29, 1.82) is 0 Å². The lowest BCUT2D eigenvalue weighted by Gasteiger charge is -2.40. The molecule has 0 aromatic heterocycles. The summed E-state index contributed by atoms with van der Waals surface area (Å²) in [7, 11) is 2.23. The van der Waals surface area contributed by atoms with E-state index in [0.717, 1.165) is 57.9 Å². The number of nitrogens with one attached hydrogen (secondary N) is 2. The molecular formula is C18H37N5O. The van der Waals surface area contributed by atoms with Crippen LogP contribution in [0.1, 0.15) is 40.5 Å². The maximum atomic E-state index is 5.46. The van der Waals surface area contributed by atoms with Gasteiger partial charge in [-0.2, -0.15) is 0 Å². The van der Waals surface area contributed by atoms with Gasteiger partial charge in [-0.25, -0.2) is 0 Å². The highest BCUT2D eigenvalue weighted by Gasteiger charge is 2.29. The normalized spacial score (nSPS) is 21.8. The molecule has 2 aliphatic rings. The first kappa shape index (κ1) is 19.5. The van der Waals surface area contributed by atoms with Gasteiger partial charge in [0.05, 0.1) is 19.8 Å². The first-order chi connectivity index (χ1) is 11.4. The van der Waals surface area contributed by atoms with Crippen LogP contribution < -0.4 is 10.6 Å². The van der Waals surface area contributed by atoms with Crippen LogP contribution in [0.2, 0.25) is 0 Å². The zero-order chi connectivity index (χ0) is 17.6. The number of hydrogen-bond donors (Lipinski definition) is 2. The standard InChI is InChI=1S/C18H37N5O/c1-6-19-17(20-13-15(2)22(5)16-7-8-16)21-14-18(3,4)23-9-11-24-12-10-23/h15-16H,6-14H2,1-5H3,(H2,19,20,21). The quantitative estimate of drug-likeness (QED) is 0.513. The molecule has 1 saturated heterocycles. The van der Waals surface area contributed by atoms with Crippen molar-refractivity contribution in [3.63, 3.8) is 0 Å². The molecule has 140 valence electrons. The lowest BCUT2D eigenvalue weighted by Crippen LogP contribution is -2.52. The Kier molecular flexibility index (Phi) is 7.32. The highest BCUT2D eigenvalue weighted by atomic mass is 16.5. The molecule has 0 radical (unpaired) electrons. The third-order valence-electron chi connectivity index (χ3n) is 5.22. The van der Waals surface area contributed by atoms with E-state index < -0.39 is 0 Å². The predicted octanol–water partition coefficient (Wildman–Crippen LogP) is 1.14. The monoisotopic (exact) mass is 339 g/mol. The summed E-state index contributed by atoms with van der Waals surface area (Å²) >= 11 is 0. The van der Waals surface area contributed by atoms with Crippen LogP contribution in [0.15, 0.2) is 4.99 Å². The van der Waals surface area contributed by atoms with Gasteiger partial charge >= 0.3 is 0 Å². The van der Waals surface area contributed by atoms with Gasteiger partial charge in [0.15, 0.2) is 5.96 Å². The SMILES string of the molecule is CCNC(=NCC(C)(C)N1CCOCC1)NCC(C)N(C)C1CC1. The summed E-state index contributed by atoms with van der Waals surface area (Å²) < 4.78 is 5.46. The van der Waals surface area contributed by atoms with E-state index in [1.807, 2.05) is 0 Å². The number of morpholine rings is 1. The number of rotatable bonds is 8. The average Bonchev–Trinajstić information content (AvgIpc) is 3.42. The van der Waals surface area contributed by atoms with Crippen LogP contribution in [0.25, 0.3) is 0 Å². The fourth-order valence-corrected chi connectivity index (χ4v) is 3.11. The molecule has 0 aromatic rings. The minimum Gasteiger partial charge on any atom is -0.379 e. The zero-order valence-electron chi connectivity index (χ0n) is 16.3. The van der Waals surface area contributed by atoms with Crippen LogP contribution in [0.5, 0.6) is 0 Å². The fraction of sp³-hybridized carbons (Fsp3) is 0.944. The van der Waals surface area contributed by atoms with Crippen molar-refractivity contribution in [1.82, 2.24) is 20.4 Å². The van der Waals surface area contributed by atoms with Gasteiger partial charge in [-0.1, -0.05) is 0 Å². The molecule has 1 aliphatic carbocycles. The number of likely N-dealkylation sites (N-methyl/N-ethyl adjacent to an activating group) is 1. The lowest BCUT2D eigenvalue weighted by atomic mass is 10.0. The molecule has 24 heavy (non-hydrogen) atoms. The molecule has 6 heteroatoms. The Labute approximate surface area is 148 Å². The first-order valence-electron chi connectivity index (χ1n) is 9.51.